The maximum Gasteiger partial charge on any atom is 0.335 e. The van der Waals surface area contributed by atoms with Gasteiger partial charge in [0.05, 0.1) is 23.3 Å². The van der Waals surface area contributed by atoms with Gasteiger partial charge in [-0.15, -0.1) is 0 Å². The zero-order chi connectivity index (χ0) is 19.4. The van der Waals surface area contributed by atoms with E-state index in [1.807, 2.05) is 31.2 Å². The minimum Gasteiger partial charge on any atom is -0.497 e. The van der Waals surface area contributed by atoms with Crippen LogP contribution in [0.5, 0.6) is 5.75 Å². The Labute approximate surface area is 161 Å². The molecule has 2 aromatic rings. The van der Waals surface area contributed by atoms with Crippen LogP contribution in [0.4, 0.5) is 5.69 Å². The molecule has 1 saturated heterocycles. The molecule has 0 unspecified atom stereocenters. The van der Waals surface area contributed by atoms with Gasteiger partial charge in [-0.25, -0.2) is 9.79 Å². The monoisotopic (exact) mass is 382 g/mol. The Morgan fingerprint density at radius 2 is 1.85 bits per heavy atom. The number of rotatable bonds is 5. The number of benzene rings is 2. The van der Waals surface area contributed by atoms with E-state index in [0.717, 1.165) is 17.0 Å². The summed E-state index contributed by atoms with van der Waals surface area (Å²) in [4.78, 5) is 30.3. The molecule has 1 N–H and O–H groups in total. The van der Waals surface area contributed by atoms with Gasteiger partial charge in [-0.3, -0.25) is 9.69 Å². The molecule has 0 aliphatic carbocycles. The largest absolute Gasteiger partial charge is 0.497 e. The van der Waals surface area contributed by atoms with Gasteiger partial charge in [-0.05, 0) is 66.7 Å². The molecule has 1 heterocycles. The molecule has 6 nitrogen and oxygen atoms in total. The van der Waals surface area contributed by atoms with Crippen molar-refractivity contribution in [2.45, 2.75) is 6.92 Å². The number of amides is 1. The molecule has 0 radical (unpaired) electrons. The van der Waals surface area contributed by atoms with Crippen LogP contribution >= 0.6 is 11.8 Å². The van der Waals surface area contributed by atoms with E-state index in [1.165, 1.54) is 23.9 Å². The van der Waals surface area contributed by atoms with Crippen molar-refractivity contribution in [3.63, 3.8) is 0 Å². The van der Waals surface area contributed by atoms with Crippen LogP contribution in [0.1, 0.15) is 22.8 Å². The zero-order valence-electron chi connectivity index (χ0n) is 14.9. The maximum atomic E-state index is 12.7. The second kappa shape index (κ2) is 8.09. The van der Waals surface area contributed by atoms with E-state index in [4.69, 9.17) is 9.84 Å². The van der Waals surface area contributed by atoms with Crippen molar-refractivity contribution in [1.29, 1.82) is 0 Å². The third-order valence-corrected chi connectivity index (χ3v) is 4.96. The summed E-state index contributed by atoms with van der Waals surface area (Å²) in [5, 5.41) is 9.58. The lowest BCUT2D eigenvalue weighted by Gasteiger charge is -2.12. The van der Waals surface area contributed by atoms with Crippen molar-refractivity contribution < 1.29 is 19.4 Å². The first-order valence-corrected chi connectivity index (χ1v) is 9.11. The molecule has 0 atom stereocenters. The quantitative estimate of drug-likeness (QED) is 0.790. The zero-order valence-corrected chi connectivity index (χ0v) is 15.7. The molecule has 1 aliphatic heterocycles. The summed E-state index contributed by atoms with van der Waals surface area (Å²) >= 11 is 1.30. The molecule has 138 valence electrons. The summed E-state index contributed by atoms with van der Waals surface area (Å²) in [6.45, 7) is 2.41. The number of aliphatic imine (C=N–C) groups is 1. The molecule has 27 heavy (non-hydrogen) atoms. The van der Waals surface area contributed by atoms with Gasteiger partial charge in [0.2, 0.25) is 0 Å². The van der Waals surface area contributed by atoms with Crippen LogP contribution in [-0.4, -0.2) is 40.7 Å². The highest BCUT2D eigenvalue weighted by Crippen LogP contribution is 2.34. The highest BCUT2D eigenvalue weighted by Gasteiger charge is 2.32. The topological polar surface area (TPSA) is 79.2 Å². The maximum absolute atomic E-state index is 12.7. The van der Waals surface area contributed by atoms with Gasteiger partial charge in [0.25, 0.3) is 5.91 Å². The molecule has 1 fully saturated rings. The van der Waals surface area contributed by atoms with E-state index in [2.05, 4.69) is 4.99 Å². The molecule has 1 amide bonds. The number of carboxylic acid groups (broad SMARTS) is 1. The van der Waals surface area contributed by atoms with Crippen molar-refractivity contribution >= 4 is 40.6 Å². The molecule has 0 spiro atoms. The van der Waals surface area contributed by atoms with E-state index in [1.54, 1.807) is 30.2 Å². The van der Waals surface area contributed by atoms with Crippen LogP contribution in [0.2, 0.25) is 0 Å². The lowest BCUT2D eigenvalue weighted by Crippen LogP contribution is -2.28. The van der Waals surface area contributed by atoms with Crippen LogP contribution in [0, 0.1) is 0 Å². The highest BCUT2D eigenvalue weighted by atomic mass is 32.2. The van der Waals surface area contributed by atoms with Gasteiger partial charge in [-0.2, -0.15) is 0 Å². The Bertz CT molecular complexity index is 918. The van der Waals surface area contributed by atoms with E-state index in [9.17, 15) is 9.59 Å². The van der Waals surface area contributed by atoms with Crippen molar-refractivity contribution in [3.8, 4) is 5.75 Å². The van der Waals surface area contributed by atoms with Gasteiger partial charge in [-0.1, -0.05) is 12.1 Å². The summed E-state index contributed by atoms with van der Waals surface area (Å²) in [5.74, 6) is -0.351. The first-order chi connectivity index (χ1) is 13.0. The van der Waals surface area contributed by atoms with Crippen LogP contribution in [0.3, 0.4) is 0 Å². The number of hydrogen-bond acceptors (Lipinski definition) is 5. The molecule has 2 aromatic carbocycles. The predicted molar refractivity (Wildman–Crippen MR) is 106 cm³/mol. The van der Waals surface area contributed by atoms with E-state index >= 15 is 0 Å². The minimum atomic E-state index is -0.980. The third kappa shape index (κ3) is 4.20. The fourth-order valence-electron chi connectivity index (χ4n) is 2.51. The number of amidine groups is 1. The Balaban J connectivity index is 1.87. The van der Waals surface area contributed by atoms with Crippen LogP contribution < -0.4 is 4.74 Å². The molecular formula is C20H18N2O4S. The highest BCUT2D eigenvalue weighted by molar-refractivity contribution is 8.18. The number of thioether (sulfide) groups is 1. The Kier molecular flexibility index (Phi) is 5.61. The lowest BCUT2D eigenvalue weighted by molar-refractivity contribution is -0.122. The number of aromatic carboxylic acids is 1. The molecule has 0 saturated carbocycles. The van der Waals surface area contributed by atoms with Crippen molar-refractivity contribution in [2.24, 2.45) is 4.99 Å². The van der Waals surface area contributed by atoms with E-state index in [0.29, 0.717) is 16.6 Å². The fourth-order valence-corrected chi connectivity index (χ4v) is 3.57. The summed E-state index contributed by atoms with van der Waals surface area (Å²) in [6.07, 6.45) is 1.75. The van der Waals surface area contributed by atoms with Crippen LogP contribution in [0.25, 0.3) is 6.08 Å². The minimum absolute atomic E-state index is 0.114. The molecule has 0 bridgehead atoms. The molecule has 1 aliphatic rings. The smallest absolute Gasteiger partial charge is 0.335 e. The summed E-state index contributed by atoms with van der Waals surface area (Å²) < 4.78 is 5.14. The van der Waals surface area contributed by atoms with Crippen molar-refractivity contribution in [2.75, 3.05) is 13.7 Å². The Morgan fingerprint density at radius 3 is 2.41 bits per heavy atom. The average molecular weight is 382 g/mol. The van der Waals surface area contributed by atoms with Gasteiger partial charge in [0.15, 0.2) is 5.17 Å². The average Bonchev–Trinajstić information content (AvgIpc) is 2.97. The number of likely N-dealkylation sites (N-methyl/N-ethyl adjacent to an activating group) is 1. The Morgan fingerprint density at radius 1 is 1.19 bits per heavy atom. The lowest BCUT2D eigenvalue weighted by atomic mass is 10.1. The van der Waals surface area contributed by atoms with Crippen molar-refractivity contribution in [1.82, 2.24) is 4.90 Å². The van der Waals surface area contributed by atoms with Crippen LogP contribution in [0.15, 0.2) is 58.4 Å². The van der Waals surface area contributed by atoms with Gasteiger partial charge >= 0.3 is 5.97 Å². The van der Waals surface area contributed by atoms with Gasteiger partial charge < -0.3 is 9.84 Å². The number of carboxylic acids is 1. The van der Waals surface area contributed by atoms with Gasteiger partial charge in [0.1, 0.15) is 5.75 Å². The standard InChI is InChI=1S/C20H18N2O4S/c1-3-22-18(23)17(12-13-4-6-14(7-5-13)19(24)25)27-20(22)21-15-8-10-16(26-2)11-9-15/h4-12H,3H2,1-2H3,(H,24,25)/b17-12+,21-20?. The second-order valence-electron chi connectivity index (χ2n) is 5.68. The second-order valence-corrected chi connectivity index (χ2v) is 6.69. The summed E-state index contributed by atoms with van der Waals surface area (Å²) in [6, 6.07) is 13.7. The number of methoxy groups -OCH3 is 1. The fraction of sp³-hybridized carbons (Fsp3) is 0.150. The number of carbonyl (C=O) groups is 2. The summed E-state index contributed by atoms with van der Waals surface area (Å²) in [5.41, 5.74) is 1.70. The van der Waals surface area contributed by atoms with E-state index < -0.39 is 5.97 Å². The number of nitrogens with zero attached hydrogens (tertiary/aromatic N) is 2. The first-order valence-electron chi connectivity index (χ1n) is 8.29. The number of hydrogen-bond donors (Lipinski definition) is 1. The number of ether oxygens (including phenoxy) is 1. The number of carbonyl (C=O) groups excluding carboxylic acids is 1. The Hall–Kier alpha value is -3.06. The molecular weight excluding hydrogens is 364 g/mol. The van der Waals surface area contributed by atoms with Gasteiger partial charge in [0, 0.05) is 6.54 Å². The van der Waals surface area contributed by atoms with Crippen molar-refractivity contribution in [3.05, 3.63) is 64.6 Å². The SMILES string of the molecule is CCN1C(=O)/C(=C\c2ccc(C(=O)O)cc2)SC1=Nc1ccc(OC)cc1. The molecule has 0 aromatic heterocycles. The predicted octanol–water partition coefficient (Wildman–Crippen LogP) is 4.02. The third-order valence-electron chi connectivity index (χ3n) is 3.96. The summed E-state index contributed by atoms with van der Waals surface area (Å²) in [7, 11) is 1.60. The van der Waals surface area contributed by atoms with E-state index in [-0.39, 0.29) is 11.5 Å². The normalized spacial score (nSPS) is 17.0. The first kappa shape index (κ1) is 18.7. The van der Waals surface area contributed by atoms with Crippen LogP contribution in [-0.2, 0) is 4.79 Å². The molecule has 7 heteroatoms. The molecule has 3 rings (SSSR count).